The number of likely N-dealkylation sites (tertiary alicyclic amines) is 1. The molecule has 1 unspecified atom stereocenters. The Morgan fingerprint density at radius 3 is 1.66 bits per heavy atom. The summed E-state index contributed by atoms with van der Waals surface area (Å²) in [5, 5.41) is 9.96. The average molecular weight is 409 g/mol. The van der Waals surface area contributed by atoms with E-state index in [0.717, 1.165) is 0 Å². The number of hydrogen-bond acceptors (Lipinski definition) is 5. The van der Waals surface area contributed by atoms with E-state index in [9.17, 15) is 14.9 Å². The lowest BCUT2D eigenvalue weighted by Gasteiger charge is -2.52. The van der Waals surface area contributed by atoms with Crippen molar-refractivity contribution in [3.63, 3.8) is 0 Å². The maximum atomic E-state index is 13.8. The molecule has 0 radical (unpaired) electrons. The summed E-state index contributed by atoms with van der Waals surface area (Å²) in [5.41, 5.74) is -3.93. The van der Waals surface area contributed by atoms with Gasteiger partial charge in [-0.2, -0.15) is 5.26 Å². The highest BCUT2D eigenvalue weighted by atomic mass is 16.6. The number of hydrogen-bond donors (Lipinski definition) is 0. The van der Waals surface area contributed by atoms with Crippen LogP contribution in [-0.4, -0.2) is 40.2 Å². The molecule has 0 aromatic rings. The number of ether oxygens (including phenoxy) is 2. The molecule has 6 nitrogen and oxygen atoms in total. The highest BCUT2D eigenvalue weighted by molar-refractivity contribution is 5.89. The Balaban J connectivity index is 3.83. The van der Waals surface area contributed by atoms with Gasteiger partial charge in [-0.3, -0.25) is 4.90 Å². The van der Waals surface area contributed by atoms with Crippen LogP contribution < -0.4 is 0 Å². The van der Waals surface area contributed by atoms with Crippen molar-refractivity contribution >= 4 is 12.1 Å². The SMILES string of the molecule is CC(C)(C)OC(=O)N1C[C@H](C#N)C(C(C)(C)C)[C@@]1(C(=O)OC(C)(C)C)C(C)(C)C. The standard InChI is InChI=1S/C23H40N2O4/c1-19(2,3)16-15(13-24)14-25(18(27)29-22(10,11)12)23(16,20(4,5)6)17(26)28-21(7,8)9/h15-16H,14H2,1-12H3/t15-,16?,23+/m0/s1. The van der Waals surface area contributed by atoms with E-state index in [0.29, 0.717) is 0 Å². The van der Waals surface area contributed by atoms with E-state index in [4.69, 9.17) is 9.47 Å². The van der Waals surface area contributed by atoms with E-state index in [1.807, 2.05) is 62.3 Å². The molecule has 166 valence electrons. The van der Waals surface area contributed by atoms with Crippen molar-refractivity contribution in [2.45, 2.75) is 99.8 Å². The first-order valence-electron chi connectivity index (χ1n) is 10.3. The van der Waals surface area contributed by atoms with Gasteiger partial charge in [0.1, 0.15) is 11.2 Å². The fourth-order valence-electron chi connectivity index (χ4n) is 4.56. The van der Waals surface area contributed by atoms with Crippen LogP contribution >= 0.6 is 0 Å². The van der Waals surface area contributed by atoms with Gasteiger partial charge in [-0.1, -0.05) is 41.5 Å². The first-order valence-corrected chi connectivity index (χ1v) is 10.3. The lowest BCUT2D eigenvalue weighted by molar-refractivity contribution is -0.183. The molecule has 0 aromatic carbocycles. The number of carbonyl (C=O) groups excluding carboxylic acids is 2. The van der Waals surface area contributed by atoms with E-state index < -0.39 is 51.5 Å². The van der Waals surface area contributed by atoms with E-state index in [-0.39, 0.29) is 6.54 Å². The fraction of sp³-hybridized carbons (Fsp3) is 0.870. The molecule has 1 amide bonds. The minimum Gasteiger partial charge on any atom is -0.458 e. The van der Waals surface area contributed by atoms with Gasteiger partial charge in [0.25, 0.3) is 0 Å². The second kappa shape index (κ2) is 7.49. The summed E-state index contributed by atoms with van der Waals surface area (Å²) in [7, 11) is 0. The topological polar surface area (TPSA) is 79.6 Å². The number of esters is 1. The second-order valence-electron chi connectivity index (χ2n) is 12.2. The normalized spacial score (nSPS) is 26.1. The predicted molar refractivity (Wildman–Crippen MR) is 113 cm³/mol. The van der Waals surface area contributed by atoms with Crippen LogP contribution in [0, 0.1) is 34.0 Å². The lowest BCUT2D eigenvalue weighted by atomic mass is 9.57. The van der Waals surface area contributed by atoms with Gasteiger partial charge < -0.3 is 9.47 Å². The Hall–Kier alpha value is -1.77. The van der Waals surface area contributed by atoms with Crippen LogP contribution in [0.25, 0.3) is 0 Å². The summed E-state index contributed by atoms with van der Waals surface area (Å²) in [5.74, 6) is -1.43. The maximum absolute atomic E-state index is 13.8. The summed E-state index contributed by atoms with van der Waals surface area (Å²) in [4.78, 5) is 28.6. The smallest absolute Gasteiger partial charge is 0.411 e. The number of carbonyl (C=O) groups is 2. The van der Waals surface area contributed by atoms with Crippen LogP contribution in [0.1, 0.15) is 83.1 Å². The molecule has 29 heavy (non-hydrogen) atoms. The van der Waals surface area contributed by atoms with E-state index in [1.165, 1.54) is 4.90 Å². The third-order valence-corrected chi connectivity index (χ3v) is 5.22. The van der Waals surface area contributed by atoms with Gasteiger partial charge in [0.05, 0.1) is 12.0 Å². The van der Waals surface area contributed by atoms with Crippen molar-refractivity contribution in [2.24, 2.45) is 22.7 Å². The molecule has 0 spiro atoms. The van der Waals surface area contributed by atoms with Gasteiger partial charge in [-0.25, -0.2) is 9.59 Å². The molecule has 0 aromatic heterocycles. The summed E-state index contributed by atoms with van der Waals surface area (Å²) in [6, 6.07) is 2.36. The summed E-state index contributed by atoms with van der Waals surface area (Å²) in [6.45, 7) is 22.7. The predicted octanol–water partition coefficient (Wildman–Crippen LogP) is 5.17. The summed E-state index contributed by atoms with van der Waals surface area (Å²) < 4.78 is 11.6. The molecule has 0 aliphatic carbocycles. The molecular weight excluding hydrogens is 368 g/mol. The largest absolute Gasteiger partial charge is 0.458 e. The maximum Gasteiger partial charge on any atom is 0.411 e. The van der Waals surface area contributed by atoms with Crippen molar-refractivity contribution in [3.05, 3.63) is 0 Å². The highest BCUT2D eigenvalue weighted by Crippen LogP contribution is 2.57. The third-order valence-electron chi connectivity index (χ3n) is 5.22. The molecule has 1 aliphatic rings. The van der Waals surface area contributed by atoms with Crippen molar-refractivity contribution in [3.8, 4) is 6.07 Å². The van der Waals surface area contributed by atoms with E-state index in [1.54, 1.807) is 20.8 Å². The number of rotatable bonds is 1. The van der Waals surface area contributed by atoms with Crippen LogP contribution in [0.2, 0.25) is 0 Å². The number of amides is 1. The fourth-order valence-corrected chi connectivity index (χ4v) is 4.56. The van der Waals surface area contributed by atoms with Crippen LogP contribution in [0.5, 0.6) is 0 Å². The van der Waals surface area contributed by atoms with Crippen LogP contribution in [0.4, 0.5) is 4.79 Å². The Morgan fingerprint density at radius 2 is 1.34 bits per heavy atom. The van der Waals surface area contributed by atoms with Gasteiger partial charge in [0.15, 0.2) is 5.54 Å². The van der Waals surface area contributed by atoms with Crippen molar-refractivity contribution in [2.75, 3.05) is 6.54 Å². The van der Waals surface area contributed by atoms with Gasteiger partial charge in [0, 0.05) is 12.5 Å². The first kappa shape index (κ1) is 25.3. The average Bonchev–Trinajstić information content (AvgIpc) is 2.79. The van der Waals surface area contributed by atoms with Gasteiger partial charge in [0.2, 0.25) is 0 Å². The molecule has 0 saturated carbocycles. The Labute approximate surface area is 176 Å². The molecule has 1 fully saturated rings. The van der Waals surface area contributed by atoms with Crippen LogP contribution in [0.15, 0.2) is 0 Å². The van der Waals surface area contributed by atoms with E-state index >= 15 is 0 Å². The molecule has 0 bridgehead atoms. The molecule has 3 atom stereocenters. The molecule has 1 aliphatic heterocycles. The van der Waals surface area contributed by atoms with Crippen molar-refractivity contribution < 1.29 is 19.1 Å². The zero-order valence-electron chi connectivity index (χ0n) is 20.4. The summed E-state index contributed by atoms with van der Waals surface area (Å²) >= 11 is 0. The summed E-state index contributed by atoms with van der Waals surface area (Å²) in [6.07, 6.45) is -0.592. The van der Waals surface area contributed by atoms with Gasteiger partial charge in [-0.15, -0.1) is 0 Å². The molecule has 1 saturated heterocycles. The van der Waals surface area contributed by atoms with Crippen LogP contribution in [-0.2, 0) is 14.3 Å². The van der Waals surface area contributed by atoms with Gasteiger partial charge >= 0.3 is 12.1 Å². The van der Waals surface area contributed by atoms with Crippen molar-refractivity contribution in [1.82, 2.24) is 4.90 Å². The number of nitrogens with zero attached hydrogens (tertiary/aromatic N) is 2. The molecule has 1 rings (SSSR count). The quantitative estimate of drug-likeness (QED) is 0.560. The van der Waals surface area contributed by atoms with Crippen molar-refractivity contribution in [1.29, 1.82) is 5.26 Å². The Kier molecular flexibility index (Phi) is 6.52. The molecular formula is C23H40N2O4. The van der Waals surface area contributed by atoms with Crippen LogP contribution in [0.3, 0.4) is 0 Å². The first-order chi connectivity index (χ1) is 12.7. The number of nitriles is 1. The second-order valence-corrected chi connectivity index (χ2v) is 12.2. The third kappa shape index (κ3) is 5.05. The molecule has 1 heterocycles. The minimum absolute atomic E-state index is 0.129. The highest BCUT2D eigenvalue weighted by Gasteiger charge is 2.70. The van der Waals surface area contributed by atoms with E-state index in [2.05, 4.69) is 6.07 Å². The molecule has 6 heteroatoms. The Bertz CT molecular complexity index is 680. The zero-order chi connectivity index (χ0) is 23.2. The minimum atomic E-state index is -1.35. The lowest BCUT2D eigenvalue weighted by Crippen LogP contribution is -2.67. The zero-order valence-corrected chi connectivity index (χ0v) is 20.4. The van der Waals surface area contributed by atoms with Gasteiger partial charge in [-0.05, 0) is 52.4 Å². The molecule has 0 N–H and O–H groups in total. The Morgan fingerprint density at radius 1 is 0.897 bits per heavy atom. The monoisotopic (exact) mass is 408 g/mol.